The minimum atomic E-state index is -0.599. The van der Waals surface area contributed by atoms with Gasteiger partial charge < -0.3 is 20.7 Å². The van der Waals surface area contributed by atoms with Crippen LogP contribution in [0.3, 0.4) is 0 Å². The topological polar surface area (TPSA) is 114 Å². The van der Waals surface area contributed by atoms with E-state index in [4.69, 9.17) is 4.74 Å². The van der Waals surface area contributed by atoms with Crippen molar-refractivity contribution in [3.63, 3.8) is 0 Å². The van der Waals surface area contributed by atoms with Gasteiger partial charge in [0.15, 0.2) is 0 Å². The summed E-state index contributed by atoms with van der Waals surface area (Å²) in [5.41, 5.74) is 0.667. The van der Waals surface area contributed by atoms with Gasteiger partial charge in [0.1, 0.15) is 6.04 Å². The number of hydrogen-bond acceptors (Lipinski definition) is 5. The van der Waals surface area contributed by atoms with Crippen LogP contribution in [-0.4, -0.2) is 42.9 Å². The predicted molar refractivity (Wildman–Crippen MR) is 98.6 cm³/mol. The summed E-state index contributed by atoms with van der Waals surface area (Å²) in [6.07, 6.45) is 1.61. The fourth-order valence-electron chi connectivity index (χ4n) is 2.89. The molecule has 0 radical (unpaired) electrons. The van der Waals surface area contributed by atoms with Crippen LogP contribution in [-0.2, 0) is 23.9 Å². The van der Waals surface area contributed by atoms with E-state index >= 15 is 0 Å². The van der Waals surface area contributed by atoms with Crippen molar-refractivity contribution >= 4 is 29.4 Å². The molecule has 1 aromatic rings. The number of carbonyl (C=O) groups is 4. The van der Waals surface area contributed by atoms with Crippen molar-refractivity contribution in [2.75, 3.05) is 18.5 Å². The number of para-hydroxylation sites is 1. The maximum absolute atomic E-state index is 11.9. The van der Waals surface area contributed by atoms with Crippen LogP contribution in [0.5, 0.6) is 0 Å². The summed E-state index contributed by atoms with van der Waals surface area (Å²) in [7, 11) is 0. The highest BCUT2D eigenvalue weighted by Crippen LogP contribution is 2.22. The van der Waals surface area contributed by atoms with Crippen LogP contribution in [0.4, 0.5) is 5.69 Å². The second kappa shape index (κ2) is 10.3. The molecule has 3 amide bonds. The van der Waals surface area contributed by atoms with Crippen LogP contribution >= 0.6 is 0 Å². The van der Waals surface area contributed by atoms with Crippen molar-refractivity contribution in [2.24, 2.45) is 5.92 Å². The van der Waals surface area contributed by atoms with Gasteiger partial charge in [-0.1, -0.05) is 18.2 Å². The molecule has 0 aliphatic carbocycles. The average Bonchev–Trinajstić information content (AvgIpc) is 3.02. The molecule has 1 saturated heterocycles. The normalized spacial score (nSPS) is 18.5. The van der Waals surface area contributed by atoms with Crippen LogP contribution in [0.2, 0.25) is 0 Å². The summed E-state index contributed by atoms with van der Waals surface area (Å²) in [6, 6.07) is 8.38. The average molecular weight is 375 g/mol. The van der Waals surface area contributed by atoms with Gasteiger partial charge in [0.05, 0.1) is 13.2 Å². The Balaban J connectivity index is 1.62. The van der Waals surface area contributed by atoms with Crippen molar-refractivity contribution in [2.45, 2.75) is 38.6 Å². The van der Waals surface area contributed by atoms with Crippen molar-refractivity contribution in [3.05, 3.63) is 30.3 Å². The first-order valence-corrected chi connectivity index (χ1v) is 9.08. The highest BCUT2D eigenvalue weighted by atomic mass is 16.5. The van der Waals surface area contributed by atoms with Gasteiger partial charge in [0.2, 0.25) is 17.7 Å². The smallest absolute Gasteiger partial charge is 0.328 e. The first kappa shape index (κ1) is 20.4. The predicted octanol–water partition coefficient (Wildman–Crippen LogP) is 0.979. The molecule has 2 atom stereocenters. The van der Waals surface area contributed by atoms with Crippen LogP contribution in [0, 0.1) is 5.92 Å². The van der Waals surface area contributed by atoms with Gasteiger partial charge in [-0.05, 0) is 38.3 Å². The molecule has 1 aromatic carbocycles. The molecule has 3 N–H and O–H groups in total. The molecular formula is C19H25N3O5. The van der Waals surface area contributed by atoms with Gasteiger partial charge in [-0.3, -0.25) is 14.4 Å². The van der Waals surface area contributed by atoms with Gasteiger partial charge in [0, 0.05) is 18.0 Å². The zero-order valence-corrected chi connectivity index (χ0v) is 15.3. The molecular weight excluding hydrogens is 350 g/mol. The lowest BCUT2D eigenvalue weighted by atomic mass is 9.98. The number of ether oxygens (including phenoxy) is 1. The molecule has 2 rings (SSSR count). The summed E-state index contributed by atoms with van der Waals surface area (Å²) in [6.45, 7) is 1.88. The van der Waals surface area contributed by atoms with E-state index in [-0.39, 0.29) is 43.2 Å². The van der Waals surface area contributed by atoms with Gasteiger partial charge >= 0.3 is 5.97 Å². The molecule has 0 saturated carbocycles. The van der Waals surface area contributed by atoms with Gasteiger partial charge in [-0.2, -0.15) is 0 Å². The van der Waals surface area contributed by atoms with E-state index in [1.165, 1.54) is 0 Å². The molecule has 1 aliphatic heterocycles. The molecule has 27 heavy (non-hydrogen) atoms. The Morgan fingerprint density at radius 2 is 1.93 bits per heavy atom. The Kier molecular flexibility index (Phi) is 7.79. The lowest BCUT2D eigenvalue weighted by molar-refractivity contribution is -0.145. The van der Waals surface area contributed by atoms with Crippen molar-refractivity contribution in [3.8, 4) is 0 Å². The molecule has 0 aromatic heterocycles. The number of amides is 3. The highest BCUT2D eigenvalue weighted by Gasteiger charge is 2.36. The molecule has 1 aliphatic rings. The molecule has 8 heteroatoms. The zero-order valence-electron chi connectivity index (χ0n) is 15.3. The first-order chi connectivity index (χ1) is 13.0. The molecule has 0 bridgehead atoms. The number of hydrogen-bond donors (Lipinski definition) is 3. The summed E-state index contributed by atoms with van der Waals surface area (Å²) >= 11 is 0. The maximum atomic E-state index is 11.9. The fraction of sp³-hybridized carbons (Fsp3) is 0.474. The van der Waals surface area contributed by atoms with E-state index in [9.17, 15) is 19.2 Å². The second-order valence-corrected chi connectivity index (χ2v) is 6.33. The minimum Gasteiger partial charge on any atom is -0.464 e. The lowest BCUT2D eigenvalue weighted by Gasteiger charge is -2.09. The third-order valence-electron chi connectivity index (χ3n) is 4.24. The number of anilines is 1. The number of benzene rings is 1. The van der Waals surface area contributed by atoms with Crippen molar-refractivity contribution in [1.82, 2.24) is 10.6 Å². The van der Waals surface area contributed by atoms with Crippen LogP contribution < -0.4 is 16.0 Å². The summed E-state index contributed by atoms with van der Waals surface area (Å²) in [5.74, 6) is -1.46. The molecule has 146 valence electrons. The number of esters is 1. The second-order valence-electron chi connectivity index (χ2n) is 6.33. The van der Waals surface area contributed by atoms with Gasteiger partial charge in [-0.25, -0.2) is 4.79 Å². The van der Waals surface area contributed by atoms with E-state index in [1.54, 1.807) is 31.2 Å². The molecule has 1 heterocycles. The number of rotatable bonds is 9. The third-order valence-corrected chi connectivity index (χ3v) is 4.24. The Morgan fingerprint density at radius 1 is 1.19 bits per heavy atom. The molecule has 1 fully saturated rings. The number of carbonyl (C=O) groups excluding carboxylic acids is 4. The van der Waals surface area contributed by atoms with E-state index in [1.807, 2.05) is 6.07 Å². The molecule has 1 unspecified atom stereocenters. The fourth-order valence-corrected chi connectivity index (χ4v) is 2.89. The Labute approximate surface area is 158 Å². The SMILES string of the molecule is CCOC(=O)[C@@H]1CC(CCCC(=O)NCC(=O)Nc2ccccc2)C(=O)N1. The van der Waals surface area contributed by atoms with Crippen LogP contribution in [0.1, 0.15) is 32.6 Å². The Bertz CT molecular complexity index is 677. The standard InChI is InChI=1S/C19H25N3O5/c1-2-27-19(26)15-11-13(18(25)22-15)7-6-10-16(23)20-12-17(24)21-14-8-4-3-5-9-14/h3-5,8-9,13,15H,2,6-7,10-12H2,1H3,(H,20,23)(H,21,24)(H,22,25)/t13?,15-/m0/s1. The van der Waals surface area contributed by atoms with E-state index in [2.05, 4.69) is 16.0 Å². The molecule has 8 nitrogen and oxygen atoms in total. The zero-order chi connectivity index (χ0) is 19.6. The Morgan fingerprint density at radius 3 is 2.63 bits per heavy atom. The van der Waals surface area contributed by atoms with E-state index in [0.29, 0.717) is 24.9 Å². The third kappa shape index (κ3) is 6.73. The summed E-state index contributed by atoms with van der Waals surface area (Å²) in [5, 5.41) is 7.86. The first-order valence-electron chi connectivity index (χ1n) is 9.08. The quantitative estimate of drug-likeness (QED) is 0.557. The molecule has 0 spiro atoms. The van der Waals surface area contributed by atoms with Crippen molar-refractivity contribution in [1.29, 1.82) is 0 Å². The Hall–Kier alpha value is -2.90. The monoisotopic (exact) mass is 375 g/mol. The summed E-state index contributed by atoms with van der Waals surface area (Å²) in [4.78, 5) is 47.2. The van der Waals surface area contributed by atoms with Crippen LogP contribution in [0.15, 0.2) is 30.3 Å². The van der Waals surface area contributed by atoms with Crippen molar-refractivity contribution < 1.29 is 23.9 Å². The summed E-state index contributed by atoms with van der Waals surface area (Å²) < 4.78 is 4.91. The van der Waals surface area contributed by atoms with Gasteiger partial charge in [-0.15, -0.1) is 0 Å². The van der Waals surface area contributed by atoms with Crippen LogP contribution in [0.25, 0.3) is 0 Å². The largest absolute Gasteiger partial charge is 0.464 e. The highest BCUT2D eigenvalue weighted by molar-refractivity contribution is 5.94. The maximum Gasteiger partial charge on any atom is 0.328 e. The minimum absolute atomic E-state index is 0.109. The van der Waals surface area contributed by atoms with E-state index < -0.39 is 12.0 Å². The van der Waals surface area contributed by atoms with Gasteiger partial charge in [0.25, 0.3) is 0 Å². The number of nitrogens with one attached hydrogen (secondary N) is 3. The van der Waals surface area contributed by atoms with E-state index in [0.717, 1.165) is 0 Å². The lowest BCUT2D eigenvalue weighted by Crippen LogP contribution is -2.34.